The van der Waals surface area contributed by atoms with E-state index in [9.17, 15) is 14.0 Å². The molecule has 1 saturated heterocycles. The van der Waals surface area contributed by atoms with Crippen molar-refractivity contribution in [3.05, 3.63) is 57.5 Å². The van der Waals surface area contributed by atoms with E-state index in [-0.39, 0.29) is 11.3 Å². The van der Waals surface area contributed by atoms with Crippen molar-refractivity contribution >= 4 is 11.6 Å². The molecular formula is C23H30FN5O2. The third kappa shape index (κ3) is 4.49. The summed E-state index contributed by atoms with van der Waals surface area (Å²) in [7, 11) is 1.50. The first-order valence-corrected chi connectivity index (χ1v) is 11.1. The molecule has 3 heterocycles. The highest BCUT2D eigenvalue weighted by Gasteiger charge is 2.33. The van der Waals surface area contributed by atoms with E-state index < -0.39 is 11.9 Å². The maximum atomic E-state index is 14.5. The Morgan fingerprint density at radius 2 is 1.97 bits per heavy atom. The van der Waals surface area contributed by atoms with Crippen molar-refractivity contribution in [1.82, 2.24) is 20.2 Å². The summed E-state index contributed by atoms with van der Waals surface area (Å²) in [6, 6.07) is 7.72. The quantitative estimate of drug-likeness (QED) is 0.716. The molecule has 0 aromatic carbocycles. The number of anilines is 1. The van der Waals surface area contributed by atoms with E-state index in [1.807, 2.05) is 17.9 Å². The van der Waals surface area contributed by atoms with Crippen LogP contribution in [0.1, 0.15) is 53.8 Å². The van der Waals surface area contributed by atoms with Crippen molar-refractivity contribution in [1.29, 1.82) is 0 Å². The average Bonchev–Trinajstić information content (AvgIpc) is 3.29. The van der Waals surface area contributed by atoms with Gasteiger partial charge in [-0.05, 0) is 43.9 Å². The van der Waals surface area contributed by atoms with Gasteiger partial charge in [-0.25, -0.2) is 4.98 Å². The standard InChI is InChI=1S/C23H30FN5O2/c1-3-15-5-7-18(27-22(15)30)16-4-6-17(14-16)28-10-12-29(13-11-28)20-9-8-19(23(31)25-2)26-21(20)24/h5,7-9,16-17H,3-4,6,10-14H2,1-2H3,(H,25,31)(H,27,30)/t16-,17+/m1/s1. The van der Waals surface area contributed by atoms with Gasteiger partial charge < -0.3 is 15.2 Å². The highest BCUT2D eigenvalue weighted by Crippen LogP contribution is 2.36. The normalized spacial score (nSPS) is 22.0. The van der Waals surface area contributed by atoms with Gasteiger partial charge in [-0.2, -0.15) is 4.39 Å². The number of hydrogen-bond acceptors (Lipinski definition) is 5. The second kappa shape index (κ2) is 9.18. The maximum absolute atomic E-state index is 14.5. The first kappa shape index (κ1) is 21.5. The second-order valence-corrected chi connectivity index (χ2v) is 8.39. The molecule has 166 valence electrons. The number of amides is 1. The van der Waals surface area contributed by atoms with Gasteiger partial charge in [0.1, 0.15) is 5.69 Å². The van der Waals surface area contributed by atoms with E-state index in [1.54, 1.807) is 12.1 Å². The van der Waals surface area contributed by atoms with Gasteiger partial charge in [0.25, 0.3) is 11.5 Å². The van der Waals surface area contributed by atoms with E-state index in [4.69, 9.17) is 0 Å². The van der Waals surface area contributed by atoms with Crippen LogP contribution >= 0.6 is 0 Å². The minimum absolute atomic E-state index is 0.0372. The number of nitrogens with one attached hydrogen (secondary N) is 2. The first-order valence-electron chi connectivity index (χ1n) is 11.1. The fourth-order valence-corrected chi connectivity index (χ4v) is 4.85. The van der Waals surface area contributed by atoms with E-state index in [1.165, 1.54) is 7.05 Å². The molecule has 2 fully saturated rings. The Balaban J connectivity index is 1.35. The van der Waals surface area contributed by atoms with Crippen LogP contribution in [0.3, 0.4) is 0 Å². The van der Waals surface area contributed by atoms with Gasteiger partial charge in [-0.3, -0.25) is 14.5 Å². The number of carbonyl (C=O) groups is 1. The monoisotopic (exact) mass is 427 g/mol. The number of aromatic nitrogens is 2. The van der Waals surface area contributed by atoms with Crippen LogP contribution in [-0.4, -0.2) is 60.0 Å². The molecule has 2 aromatic heterocycles. The summed E-state index contributed by atoms with van der Waals surface area (Å²) in [6.45, 7) is 5.16. The van der Waals surface area contributed by atoms with Gasteiger partial charge in [0.15, 0.2) is 0 Å². The molecule has 1 aliphatic carbocycles. The molecule has 8 heteroatoms. The topological polar surface area (TPSA) is 81.3 Å². The Kier molecular flexibility index (Phi) is 6.36. The predicted octanol–water partition coefficient (Wildman–Crippen LogP) is 2.29. The van der Waals surface area contributed by atoms with Gasteiger partial charge in [-0.1, -0.05) is 13.0 Å². The molecule has 7 nitrogen and oxygen atoms in total. The largest absolute Gasteiger partial charge is 0.365 e. The number of hydrogen-bond donors (Lipinski definition) is 2. The van der Waals surface area contributed by atoms with Crippen molar-refractivity contribution < 1.29 is 9.18 Å². The van der Waals surface area contributed by atoms with Crippen LogP contribution in [-0.2, 0) is 6.42 Å². The van der Waals surface area contributed by atoms with Crippen molar-refractivity contribution in [2.24, 2.45) is 0 Å². The fourth-order valence-electron chi connectivity index (χ4n) is 4.85. The van der Waals surface area contributed by atoms with Gasteiger partial charge in [0, 0.05) is 56.4 Å². The number of H-pyrrole nitrogens is 1. The highest BCUT2D eigenvalue weighted by molar-refractivity contribution is 5.92. The number of piperazine rings is 1. The van der Waals surface area contributed by atoms with Gasteiger partial charge in [-0.15, -0.1) is 0 Å². The number of aryl methyl sites for hydroxylation is 1. The first-order chi connectivity index (χ1) is 15.0. The van der Waals surface area contributed by atoms with Crippen LogP contribution in [0.5, 0.6) is 0 Å². The summed E-state index contributed by atoms with van der Waals surface area (Å²) < 4.78 is 14.5. The summed E-state index contributed by atoms with van der Waals surface area (Å²) in [5.74, 6) is -0.604. The van der Waals surface area contributed by atoms with Crippen LogP contribution in [0.25, 0.3) is 0 Å². The summed E-state index contributed by atoms with van der Waals surface area (Å²) in [5, 5.41) is 2.46. The Bertz CT molecular complexity index is 1000. The Morgan fingerprint density at radius 3 is 2.61 bits per heavy atom. The van der Waals surface area contributed by atoms with Crippen LogP contribution in [0, 0.1) is 5.95 Å². The molecule has 2 N–H and O–H groups in total. The van der Waals surface area contributed by atoms with E-state index in [0.29, 0.717) is 17.6 Å². The maximum Gasteiger partial charge on any atom is 0.269 e. The number of aromatic amines is 1. The molecule has 1 aliphatic heterocycles. The molecule has 0 unspecified atom stereocenters. The van der Waals surface area contributed by atoms with Crippen molar-refractivity contribution in [3.8, 4) is 0 Å². The molecule has 31 heavy (non-hydrogen) atoms. The molecule has 0 spiro atoms. The predicted molar refractivity (Wildman–Crippen MR) is 118 cm³/mol. The summed E-state index contributed by atoms with van der Waals surface area (Å²) in [4.78, 5) is 35.2. The minimum Gasteiger partial charge on any atom is -0.365 e. The Hall–Kier alpha value is -2.74. The molecule has 2 aromatic rings. The molecule has 0 bridgehead atoms. The zero-order valence-corrected chi connectivity index (χ0v) is 18.2. The third-order valence-electron chi connectivity index (χ3n) is 6.70. The molecular weight excluding hydrogens is 397 g/mol. The zero-order chi connectivity index (χ0) is 22.0. The van der Waals surface area contributed by atoms with Crippen molar-refractivity contribution in [2.45, 2.75) is 44.6 Å². The SMILES string of the molecule is CCc1ccc([C@@H]2CC[C@H](N3CCN(c4ccc(C(=O)NC)nc4F)CC3)C2)[nH]c1=O. The third-order valence-corrected chi connectivity index (χ3v) is 6.70. The highest BCUT2D eigenvalue weighted by atomic mass is 19.1. The number of pyridine rings is 2. The van der Waals surface area contributed by atoms with E-state index >= 15 is 0 Å². The molecule has 2 aliphatic rings. The Labute approximate surface area is 181 Å². The fraction of sp³-hybridized carbons (Fsp3) is 0.522. The van der Waals surface area contributed by atoms with E-state index in [0.717, 1.165) is 63.1 Å². The van der Waals surface area contributed by atoms with Gasteiger partial charge in [0.2, 0.25) is 5.95 Å². The number of rotatable bonds is 5. The van der Waals surface area contributed by atoms with Crippen molar-refractivity contribution in [3.63, 3.8) is 0 Å². The lowest BCUT2D eigenvalue weighted by atomic mass is 10.0. The lowest BCUT2D eigenvalue weighted by molar-refractivity contribution is 0.0957. The minimum atomic E-state index is -0.602. The number of halogens is 1. The summed E-state index contributed by atoms with van der Waals surface area (Å²) >= 11 is 0. The molecule has 1 saturated carbocycles. The van der Waals surface area contributed by atoms with Gasteiger partial charge >= 0.3 is 0 Å². The van der Waals surface area contributed by atoms with Crippen LogP contribution < -0.4 is 15.8 Å². The zero-order valence-electron chi connectivity index (χ0n) is 18.2. The number of carbonyl (C=O) groups excluding carboxylic acids is 1. The lowest BCUT2D eigenvalue weighted by Gasteiger charge is -2.39. The Morgan fingerprint density at radius 1 is 1.19 bits per heavy atom. The molecule has 4 rings (SSSR count). The number of nitrogens with zero attached hydrogens (tertiary/aromatic N) is 3. The summed E-state index contributed by atoms with van der Waals surface area (Å²) in [6.07, 6.45) is 3.97. The second-order valence-electron chi connectivity index (χ2n) is 8.39. The van der Waals surface area contributed by atoms with Gasteiger partial charge in [0.05, 0.1) is 5.69 Å². The van der Waals surface area contributed by atoms with Crippen LogP contribution in [0.15, 0.2) is 29.1 Å². The lowest BCUT2D eigenvalue weighted by Crippen LogP contribution is -2.50. The van der Waals surface area contributed by atoms with Crippen LogP contribution in [0.4, 0.5) is 10.1 Å². The smallest absolute Gasteiger partial charge is 0.269 e. The average molecular weight is 428 g/mol. The van der Waals surface area contributed by atoms with Crippen molar-refractivity contribution in [2.75, 3.05) is 38.1 Å². The molecule has 1 amide bonds. The molecule has 2 atom stereocenters. The van der Waals surface area contributed by atoms with Crippen LogP contribution in [0.2, 0.25) is 0 Å². The summed E-state index contributed by atoms with van der Waals surface area (Å²) in [5.41, 5.74) is 2.46. The molecule has 0 radical (unpaired) electrons. The van der Waals surface area contributed by atoms with E-state index in [2.05, 4.69) is 26.3 Å².